The van der Waals surface area contributed by atoms with Crippen molar-refractivity contribution in [3.8, 4) is 12.3 Å². The minimum absolute atomic E-state index is 0.0823. The Bertz CT molecular complexity index is 327. The third kappa shape index (κ3) is 3.17. The summed E-state index contributed by atoms with van der Waals surface area (Å²) in [6.07, 6.45) is 7.91. The Balaban J connectivity index is 2.57. The van der Waals surface area contributed by atoms with Crippen LogP contribution in [-0.2, 0) is 0 Å². The number of halogens is 1. The molecule has 0 bridgehead atoms. The Morgan fingerprint density at radius 3 is 2.79 bits per heavy atom. The third-order valence-corrected chi connectivity index (χ3v) is 2.86. The first-order valence-corrected chi connectivity index (χ1v) is 5.48. The minimum Gasteiger partial charge on any atom is -0.324 e. The molecule has 0 aromatic heterocycles. The standard InChI is InChI=1S/C12H14BrN/c1-2-3-4-9-12(14)10-7-5-6-8-11(10)13/h1,5-8,12H,3-4,9,14H2. The van der Waals surface area contributed by atoms with Crippen LogP contribution in [0.2, 0.25) is 0 Å². The fourth-order valence-electron chi connectivity index (χ4n) is 1.36. The predicted molar refractivity (Wildman–Crippen MR) is 63.8 cm³/mol. The molecule has 0 aliphatic carbocycles. The zero-order chi connectivity index (χ0) is 10.4. The lowest BCUT2D eigenvalue weighted by molar-refractivity contribution is 0.619. The van der Waals surface area contributed by atoms with Crippen molar-refractivity contribution in [3.05, 3.63) is 34.3 Å². The second-order valence-electron chi connectivity index (χ2n) is 3.22. The number of hydrogen-bond acceptors (Lipinski definition) is 1. The highest BCUT2D eigenvalue weighted by Gasteiger charge is 2.07. The summed E-state index contributed by atoms with van der Waals surface area (Å²) in [7, 11) is 0. The van der Waals surface area contributed by atoms with Gasteiger partial charge in [0.15, 0.2) is 0 Å². The van der Waals surface area contributed by atoms with Gasteiger partial charge >= 0.3 is 0 Å². The van der Waals surface area contributed by atoms with Gasteiger partial charge in [0.25, 0.3) is 0 Å². The first-order valence-electron chi connectivity index (χ1n) is 4.69. The van der Waals surface area contributed by atoms with Gasteiger partial charge < -0.3 is 5.73 Å². The number of nitrogens with two attached hydrogens (primary N) is 1. The molecule has 14 heavy (non-hydrogen) atoms. The Labute approximate surface area is 93.8 Å². The van der Waals surface area contributed by atoms with E-state index in [2.05, 4.69) is 21.9 Å². The van der Waals surface area contributed by atoms with Crippen LogP contribution >= 0.6 is 15.9 Å². The summed E-state index contributed by atoms with van der Waals surface area (Å²) < 4.78 is 1.08. The van der Waals surface area contributed by atoms with E-state index in [1.54, 1.807) is 0 Å². The molecule has 0 aliphatic rings. The van der Waals surface area contributed by atoms with Crippen molar-refractivity contribution in [2.24, 2.45) is 5.73 Å². The highest BCUT2D eigenvalue weighted by Crippen LogP contribution is 2.24. The molecule has 0 fully saturated rings. The fraction of sp³-hybridized carbons (Fsp3) is 0.333. The number of hydrogen-bond donors (Lipinski definition) is 1. The van der Waals surface area contributed by atoms with Crippen LogP contribution in [0.15, 0.2) is 28.7 Å². The maximum Gasteiger partial charge on any atom is 0.0306 e. The van der Waals surface area contributed by atoms with Gasteiger partial charge in [0.1, 0.15) is 0 Å². The number of terminal acetylenes is 1. The molecule has 0 heterocycles. The van der Waals surface area contributed by atoms with Crippen molar-refractivity contribution in [2.75, 3.05) is 0 Å². The van der Waals surface area contributed by atoms with E-state index < -0.39 is 0 Å². The Morgan fingerprint density at radius 2 is 2.14 bits per heavy atom. The molecule has 1 aromatic rings. The van der Waals surface area contributed by atoms with Crippen LogP contribution in [0.4, 0.5) is 0 Å². The summed E-state index contributed by atoms with van der Waals surface area (Å²) in [6.45, 7) is 0. The van der Waals surface area contributed by atoms with Gasteiger partial charge in [-0.15, -0.1) is 12.3 Å². The summed E-state index contributed by atoms with van der Waals surface area (Å²) in [5, 5.41) is 0. The molecule has 1 nitrogen and oxygen atoms in total. The van der Waals surface area contributed by atoms with E-state index in [0.717, 1.165) is 29.3 Å². The lowest BCUT2D eigenvalue weighted by atomic mass is 10.0. The molecule has 0 amide bonds. The maximum absolute atomic E-state index is 6.04. The van der Waals surface area contributed by atoms with Crippen LogP contribution in [-0.4, -0.2) is 0 Å². The lowest BCUT2D eigenvalue weighted by Gasteiger charge is -2.12. The molecular weight excluding hydrogens is 238 g/mol. The minimum atomic E-state index is 0.0823. The first-order chi connectivity index (χ1) is 6.75. The van der Waals surface area contributed by atoms with E-state index in [1.165, 1.54) is 0 Å². The molecule has 0 aliphatic heterocycles. The molecule has 2 heteroatoms. The molecule has 0 saturated carbocycles. The van der Waals surface area contributed by atoms with Crippen LogP contribution in [0.25, 0.3) is 0 Å². The maximum atomic E-state index is 6.04. The van der Waals surface area contributed by atoms with Gasteiger partial charge in [-0.25, -0.2) is 0 Å². The largest absolute Gasteiger partial charge is 0.324 e. The van der Waals surface area contributed by atoms with Crippen LogP contribution in [0.3, 0.4) is 0 Å². The summed E-state index contributed by atoms with van der Waals surface area (Å²) in [5.41, 5.74) is 7.19. The zero-order valence-corrected chi connectivity index (χ0v) is 9.63. The Hall–Kier alpha value is -0.780. The van der Waals surface area contributed by atoms with E-state index >= 15 is 0 Å². The molecular formula is C12H14BrN. The highest BCUT2D eigenvalue weighted by molar-refractivity contribution is 9.10. The van der Waals surface area contributed by atoms with E-state index in [4.69, 9.17) is 12.2 Å². The van der Waals surface area contributed by atoms with Gasteiger partial charge in [0, 0.05) is 16.9 Å². The summed E-state index contributed by atoms with van der Waals surface area (Å²) in [5.74, 6) is 2.62. The average molecular weight is 252 g/mol. The first kappa shape index (κ1) is 11.3. The van der Waals surface area contributed by atoms with Gasteiger partial charge in [-0.2, -0.15) is 0 Å². The van der Waals surface area contributed by atoms with Crippen molar-refractivity contribution >= 4 is 15.9 Å². The van der Waals surface area contributed by atoms with Crippen LogP contribution in [0.1, 0.15) is 30.9 Å². The molecule has 1 unspecified atom stereocenters. The quantitative estimate of drug-likeness (QED) is 0.646. The number of benzene rings is 1. The normalized spacial score (nSPS) is 12.1. The Morgan fingerprint density at radius 1 is 1.43 bits per heavy atom. The van der Waals surface area contributed by atoms with Gasteiger partial charge in [-0.3, -0.25) is 0 Å². The zero-order valence-electron chi connectivity index (χ0n) is 8.04. The lowest BCUT2D eigenvalue weighted by Crippen LogP contribution is -2.10. The second-order valence-corrected chi connectivity index (χ2v) is 4.08. The van der Waals surface area contributed by atoms with E-state index in [9.17, 15) is 0 Å². The third-order valence-electron chi connectivity index (χ3n) is 2.14. The smallest absolute Gasteiger partial charge is 0.0306 e. The van der Waals surface area contributed by atoms with Crippen LogP contribution < -0.4 is 5.73 Å². The van der Waals surface area contributed by atoms with Crippen molar-refractivity contribution in [1.29, 1.82) is 0 Å². The van der Waals surface area contributed by atoms with Crippen molar-refractivity contribution in [2.45, 2.75) is 25.3 Å². The van der Waals surface area contributed by atoms with Gasteiger partial charge in [0.05, 0.1) is 0 Å². The van der Waals surface area contributed by atoms with Gasteiger partial charge in [-0.1, -0.05) is 34.1 Å². The average Bonchev–Trinajstić information content (AvgIpc) is 2.18. The molecule has 0 saturated heterocycles. The Kier molecular flexibility index (Phi) is 4.72. The molecule has 2 N–H and O–H groups in total. The summed E-state index contributed by atoms with van der Waals surface area (Å²) in [4.78, 5) is 0. The number of rotatable bonds is 4. The molecule has 1 aromatic carbocycles. The molecule has 0 radical (unpaired) electrons. The predicted octanol–water partition coefficient (Wildman–Crippen LogP) is 3.25. The SMILES string of the molecule is C#CCCCC(N)c1ccccc1Br. The second kappa shape index (κ2) is 5.85. The molecule has 74 valence electrons. The van der Waals surface area contributed by atoms with Crippen molar-refractivity contribution in [3.63, 3.8) is 0 Å². The summed E-state index contributed by atoms with van der Waals surface area (Å²) >= 11 is 3.49. The van der Waals surface area contributed by atoms with E-state index in [1.807, 2.05) is 24.3 Å². The highest BCUT2D eigenvalue weighted by atomic mass is 79.9. The van der Waals surface area contributed by atoms with E-state index in [-0.39, 0.29) is 6.04 Å². The van der Waals surface area contributed by atoms with Crippen molar-refractivity contribution < 1.29 is 0 Å². The summed E-state index contributed by atoms with van der Waals surface area (Å²) in [6, 6.07) is 8.13. The molecule has 1 rings (SSSR count). The van der Waals surface area contributed by atoms with Crippen molar-refractivity contribution in [1.82, 2.24) is 0 Å². The van der Waals surface area contributed by atoms with Gasteiger partial charge in [-0.05, 0) is 24.5 Å². The molecule has 0 spiro atoms. The monoisotopic (exact) mass is 251 g/mol. The van der Waals surface area contributed by atoms with Crippen LogP contribution in [0.5, 0.6) is 0 Å². The molecule has 1 atom stereocenters. The van der Waals surface area contributed by atoms with E-state index in [0.29, 0.717) is 0 Å². The van der Waals surface area contributed by atoms with Crippen LogP contribution in [0, 0.1) is 12.3 Å². The number of unbranched alkanes of at least 4 members (excludes halogenated alkanes) is 1. The fourth-order valence-corrected chi connectivity index (χ4v) is 1.93. The van der Waals surface area contributed by atoms with Gasteiger partial charge in [0.2, 0.25) is 0 Å². The topological polar surface area (TPSA) is 26.0 Å².